The van der Waals surface area contributed by atoms with Crippen LogP contribution in [0.15, 0.2) is 24.3 Å². The summed E-state index contributed by atoms with van der Waals surface area (Å²) in [6.45, 7) is 1.65. The number of carbonyl (C=O) groups excluding carboxylic acids is 2. The van der Waals surface area contributed by atoms with Crippen LogP contribution in [-0.2, 0) is 4.79 Å². The van der Waals surface area contributed by atoms with Crippen molar-refractivity contribution in [2.45, 2.75) is 51.0 Å². The van der Waals surface area contributed by atoms with Crippen molar-refractivity contribution >= 4 is 17.5 Å². The normalized spacial score (nSPS) is 27.4. The van der Waals surface area contributed by atoms with Gasteiger partial charge in [0.2, 0.25) is 5.91 Å². The predicted octanol–water partition coefficient (Wildman–Crippen LogP) is 3.22. The molecule has 122 valence electrons. The standard InChI is InChI=1S/C19H24N2O2/c22-18-10-4-11-20(18)16-8-1-6-15(13-16)19(23)21-12-3-7-14-5-2-9-17(14)21/h1,6,8,13-14,17H,2-5,7,9-12H2/t14-,17-/m1/s1. The number of nitrogens with zero attached hydrogens (tertiary/aromatic N) is 2. The molecule has 0 unspecified atom stereocenters. The molecule has 4 heteroatoms. The van der Waals surface area contributed by atoms with Gasteiger partial charge >= 0.3 is 0 Å². The Morgan fingerprint density at radius 3 is 2.74 bits per heavy atom. The zero-order valence-electron chi connectivity index (χ0n) is 13.5. The highest BCUT2D eigenvalue weighted by molar-refractivity contribution is 5.99. The fourth-order valence-corrected chi connectivity index (χ4v) is 4.60. The zero-order chi connectivity index (χ0) is 15.8. The number of hydrogen-bond acceptors (Lipinski definition) is 2. The molecule has 4 nitrogen and oxygen atoms in total. The molecule has 3 aliphatic rings. The predicted molar refractivity (Wildman–Crippen MR) is 89.4 cm³/mol. The zero-order valence-corrected chi connectivity index (χ0v) is 13.5. The van der Waals surface area contributed by atoms with E-state index < -0.39 is 0 Å². The molecule has 23 heavy (non-hydrogen) atoms. The largest absolute Gasteiger partial charge is 0.335 e. The summed E-state index contributed by atoms with van der Waals surface area (Å²) in [6, 6.07) is 8.08. The van der Waals surface area contributed by atoms with Crippen molar-refractivity contribution < 1.29 is 9.59 Å². The molecule has 2 aliphatic heterocycles. The quantitative estimate of drug-likeness (QED) is 0.841. The van der Waals surface area contributed by atoms with Gasteiger partial charge in [-0.15, -0.1) is 0 Å². The highest BCUT2D eigenvalue weighted by atomic mass is 16.2. The smallest absolute Gasteiger partial charge is 0.254 e. The number of piperidine rings is 1. The van der Waals surface area contributed by atoms with Crippen LogP contribution in [0.25, 0.3) is 0 Å². The average molecular weight is 312 g/mol. The molecular formula is C19H24N2O2. The maximum atomic E-state index is 13.0. The van der Waals surface area contributed by atoms with Crippen LogP contribution in [0.5, 0.6) is 0 Å². The van der Waals surface area contributed by atoms with E-state index in [1.54, 1.807) is 0 Å². The van der Waals surface area contributed by atoms with E-state index >= 15 is 0 Å². The lowest BCUT2D eigenvalue weighted by Crippen LogP contribution is -2.46. The van der Waals surface area contributed by atoms with E-state index in [1.165, 1.54) is 19.3 Å². The van der Waals surface area contributed by atoms with Gasteiger partial charge in [-0.2, -0.15) is 0 Å². The van der Waals surface area contributed by atoms with Crippen molar-refractivity contribution in [3.8, 4) is 0 Å². The van der Waals surface area contributed by atoms with E-state index in [-0.39, 0.29) is 11.8 Å². The summed E-state index contributed by atoms with van der Waals surface area (Å²) in [7, 11) is 0. The van der Waals surface area contributed by atoms with Crippen molar-refractivity contribution in [1.82, 2.24) is 4.90 Å². The van der Waals surface area contributed by atoms with Gasteiger partial charge in [-0.25, -0.2) is 0 Å². The van der Waals surface area contributed by atoms with Gasteiger partial charge in [0.15, 0.2) is 0 Å². The first-order valence-corrected chi connectivity index (χ1v) is 8.95. The van der Waals surface area contributed by atoms with Crippen LogP contribution >= 0.6 is 0 Å². The molecule has 2 heterocycles. The van der Waals surface area contributed by atoms with Crippen molar-refractivity contribution in [2.24, 2.45) is 5.92 Å². The summed E-state index contributed by atoms with van der Waals surface area (Å²) in [4.78, 5) is 28.9. The molecule has 0 aromatic heterocycles. The van der Waals surface area contributed by atoms with E-state index in [0.29, 0.717) is 18.4 Å². The summed E-state index contributed by atoms with van der Waals surface area (Å²) in [5.41, 5.74) is 1.60. The second-order valence-corrected chi connectivity index (χ2v) is 7.10. The third-order valence-corrected chi connectivity index (χ3v) is 5.73. The third-order valence-electron chi connectivity index (χ3n) is 5.73. The average Bonchev–Trinajstić information content (AvgIpc) is 3.22. The van der Waals surface area contributed by atoms with Crippen molar-refractivity contribution in [3.63, 3.8) is 0 Å². The Balaban J connectivity index is 1.57. The van der Waals surface area contributed by atoms with Crippen LogP contribution < -0.4 is 4.90 Å². The van der Waals surface area contributed by atoms with Gasteiger partial charge in [-0.3, -0.25) is 9.59 Å². The molecule has 0 bridgehead atoms. The lowest BCUT2D eigenvalue weighted by molar-refractivity contribution is -0.117. The van der Waals surface area contributed by atoms with E-state index in [9.17, 15) is 9.59 Å². The lowest BCUT2D eigenvalue weighted by atomic mass is 9.91. The number of fused-ring (bicyclic) bond motifs is 1. The Labute approximate surface area is 137 Å². The van der Waals surface area contributed by atoms with E-state index in [2.05, 4.69) is 4.90 Å². The van der Waals surface area contributed by atoms with Gasteiger partial charge in [0.05, 0.1) is 0 Å². The van der Waals surface area contributed by atoms with Crippen molar-refractivity contribution in [3.05, 3.63) is 29.8 Å². The van der Waals surface area contributed by atoms with E-state index in [0.717, 1.165) is 43.6 Å². The molecule has 1 saturated carbocycles. The summed E-state index contributed by atoms with van der Waals surface area (Å²) in [5.74, 6) is 1.02. The molecule has 0 N–H and O–H groups in total. The van der Waals surface area contributed by atoms with Crippen LogP contribution in [0.1, 0.15) is 55.3 Å². The highest BCUT2D eigenvalue weighted by Crippen LogP contribution is 2.37. The van der Waals surface area contributed by atoms with Crippen LogP contribution in [-0.4, -0.2) is 35.8 Å². The summed E-state index contributed by atoms with van der Waals surface area (Å²) < 4.78 is 0. The topological polar surface area (TPSA) is 40.6 Å². The van der Waals surface area contributed by atoms with Gasteiger partial charge in [0.1, 0.15) is 0 Å². The molecule has 0 radical (unpaired) electrons. The second-order valence-electron chi connectivity index (χ2n) is 7.10. The van der Waals surface area contributed by atoms with E-state index in [4.69, 9.17) is 0 Å². The molecule has 1 aromatic carbocycles. The number of amides is 2. The van der Waals surface area contributed by atoms with Crippen LogP contribution in [0.3, 0.4) is 0 Å². The minimum atomic E-state index is 0.148. The van der Waals surface area contributed by atoms with Crippen LogP contribution in [0.2, 0.25) is 0 Å². The first-order valence-electron chi connectivity index (χ1n) is 8.95. The lowest BCUT2D eigenvalue weighted by Gasteiger charge is -2.38. The SMILES string of the molecule is O=C1CCCN1c1cccc(C(=O)N2CCC[C@H]3CCC[C@H]32)c1. The fraction of sp³-hybridized carbons (Fsp3) is 0.579. The summed E-state index contributed by atoms with van der Waals surface area (Å²) in [6.07, 6.45) is 7.60. The fourth-order valence-electron chi connectivity index (χ4n) is 4.60. The maximum Gasteiger partial charge on any atom is 0.254 e. The number of hydrogen-bond donors (Lipinski definition) is 0. The van der Waals surface area contributed by atoms with Crippen LogP contribution in [0, 0.1) is 5.92 Å². The Kier molecular flexibility index (Phi) is 3.83. The summed E-state index contributed by atoms with van der Waals surface area (Å²) >= 11 is 0. The van der Waals surface area contributed by atoms with E-state index in [1.807, 2.05) is 29.2 Å². The van der Waals surface area contributed by atoms with Crippen molar-refractivity contribution in [1.29, 1.82) is 0 Å². The number of rotatable bonds is 2. The van der Waals surface area contributed by atoms with Crippen LogP contribution in [0.4, 0.5) is 5.69 Å². The number of likely N-dealkylation sites (tertiary alicyclic amines) is 1. The Morgan fingerprint density at radius 1 is 1.04 bits per heavy atom. The third kappa shape index (κ3) is 2.64. The summed E-state index contributed by atoms with van der Waals surface area (Å²) in [5, 5.41) is 0. The Bertz CT molecular complexity index is 628. The highest BCUT2D eigenvalue weighted by Gasteiger charge is 2.37. The van der Waals surface area contributed by atoms with Crippen molar-refractivity contribution in [2.75, 3.05) is 18.0 Å². The minimum Gasteiger partial charge on any atom is -0.335 e. The second kappa shape index (κ2) is 5.99. The molecule has 3 fully saturated rings. The van der Waals surface area contributed by atoms with Gasteiger partial charge in [-0.1, -0.05) is 12.5 Å². The van der Waals surface area contributed by atoms with Gasteiger partial charge in [0, 0.05) is 36.8 Å². The first kappa shape index (κ1) is 14.7. The molecule has 1 aliphatic carbocycles. The molecule has 2 amide bonds. The molecule has 2 saturated heterocycles. The minimum absolute atomic E-state index is 0.148. The molecule has 2 atom stereocenters. The maximum absolute atomic E-state index is 13.0. The number of benzene rings is 1. The van der Waals surface area contributed by atoms with Gasteiger partial charge < -0.3 is 9.80 Å². The molecule has 1 aromatic rings. The molecule has 4 rings (SSSR count). The number of anilines is 1. The Morgan fingerprint density at radius 2 is 1.91 bits per heavy atom. The molecule has 0 spiro atoms. The first-order chi connectivity index (χ1) is 11.2. The number of carbonyl (C=O) groups is 2. The monoisotopic (exact) mass is 312 g/mol. The molecular weight excluding hydrogens is 288 g/mol. The Hall–Kier alpha value is -1.84. The van der Waals surface area contributed by atoms with Gasteiger partial charge in [0.25, 0.3) is 5.91 Å². The van der Waals surface area contributed by atoms with Gasteiger partial charge in [-0.05, 0) is 56.2 Å².